The van der Waals surface area contributed by atoms with Gasteiger partial charge in [0.15, 0.2) is 5.69 Å². The Morgan fingerprint density at radius 1 is 1.07 bits per heavy atom. The summed E-state index contributed by atoms with van der Waals surface area (Å²) in [5.41, 5.74) is 0.0665. The van der Waals surface area contributed by atoms with Gasteiger partial charge in [-0.05, 0) is 5.56 Å². The molecule has 0 aliphatic heterocycles. The molecule has 0 unspecified atom stereocenters. The number of fused-ring (bicyclic) bond motifs is 1. The topological polar surface area (TPSA) is 72.9 Å². The van der Waals surface area contributed by atoms with Crippen molar-refractivity contribution in [1.82, 2.24) is 29.1 Å². The summed E-state index contributed by atoms with van der Waals surface area (Å²) in [4.78, 5) is 11.5. The lowest BCUT2D eigenvalue weighted by Crippen LogP contribution is -2.15. The smallest absolute Gasteiger partial charge is 0.363 e. The van der Waals surface area contributed by atoms with E-state index in [1.165, 1.54) is 4.52 Å². The molecule has 0 amide bonds. The highest BCUT2D eigenvalue weighted by atomic mass is 19.4. The molecule has 0 aliphatic rings. The summed E-state index contributed by atoms with van der Waals surface area (Å²) in [5.74, 6) is 0.691. The third kappa shape index (κ3) is 3.59. The molecule has 4 aromatic rings. The number of alkyl halides is 3. The number of imidazole rings is 1. The summed E-state index contributed by atoms with van der Waals surface area (Å²) < 4.78 is 42.3. The van der Waals surface area contributed by atoms with Crippen molar-refractivity contribution >= 4 is 11.6 Å². The molecule has 0 fully saturated rings. The summed E-state index contributed by atoms with van der Waals surface area (Å²) in [6.45, 7) is 0.830. The first-order valence-corrected chi connectivity index (χ1v) is 8.06. The molecule has 0 aliphatic carbocycles. The molecule has 0 spiro atoms. The zero-order valence-electron chi connectivity index (χ0n) is 13.9. The van der Waals surface area contributed by atoms with Crippen LogP contribution < -0.4 is 5.32 Å². The standard InChI is InChI=1S/C17H14F3N7/c18-17(19,20)13-8-14(27-16(25-13)23-11-24-27)22-9-15-21-6-7-26(15)10-12-4-2-1-3-5-12/h1-8,11,22H,9-10H2. The average molecular weight is 373 g/mol. The van der Waals surface area contributed by atoms with Crippen molar-refractivity contribution in [2.24, 2.45) is 0 Å². The van der Waals surface area contributed by atoms with Crippen LogP contribution in [0.1, 0.15) is 17.1 Å². The molecule has 27 heavy (non-hydrogen) atoms. The molecular formula is C17H14F3N7. The van der Waals surface area contributed by atoms with Crippen molar-refractivity contribution in [3.05, 3.63) is 72.2 Å². The Bertz CT molecular complexity index is 1050. The maximum atomic E-state index is 13.1. The lowest BCUT2D eigenvalue weighted by atomic mass is 10.2. The lowest BCUT2D eigenvalue weighted by Gasteiger charge is -2.12. The van der Waals surface area contributed by atoms with E-state index in [1.807, 2.05) is 41.1 Å². The number of halogens is 3. The third-order valence-electron chi connectivity index (χ3n) is 3.97. The van der Waals surface area contributed by atoms with Gasteiger partial charge in [-0.2, -0.15) is 27.8 Å². The largest absolute Gasteiger partial charge is 0.433 e. The number of anilines is 1. The van der Waals surface area contributed by atoms with Crippen molar-refractivity contribution in [1.29, 1.82) is 0 Å². The molecule has 3 aromatic heterocycles. The number of benzene rings is 1. The van der Waals surface area contributed by atoms with Gasteiger partial charge < -0.3 is 9.88 Å². The quantitative estimate of drug-likeness (QED) is 0.582. The Kier molecular flexibility index (Phi) is 4.22. The molecule has 1 aromatic carbocycles. The Morgan fingerprint density at radius 3 is 2.67 bits per heavy atom. The van der Waals surface area contributed by atoms with E-state index in [-0.39, 0.29) is 18.1 Å². The molecule has 7 nitrogen and oxygen atoms in total. The predicted molar refractivity (Wildman–Crippen MR) is 90.9 cm³/mol. The first kappa shape index (κ1) is 17.0. The highest BCUT2D eigenvalue weighted by molar-refractivity contribution is 5.45. The molecule has 138 valence electrons. The molecule has 0 saturated heterocycles. The number of hydrogen-bond acceptors (Lipinski definition) is 5. The van der Waals surface area contributed by atoms with Crippen LogP contribution in [0.5, 0.6) is 0 Å². The van der Waals surface area contributed by atoms with Gasteiger partial charge in [0.05, 0.1) is 6.54 Å². The van der Waals surface area contributed by atoms with Crippen LogP contribution in [0.3, 0.4) is 0 Å². The van der Waals surface area contributed by atoms with Crippen LogP contribution in [-0.2, 0) is 19.3 Å². The number of aromatic nitrogens is 6. The zero-order valence-corrected chi connectivity index (χ0v) is 13.9. The maximum Gasteiger partial charge on any atom is 0.433 e. The molecule has 4 rings (SSSR count). The van der Waals surface area contributed by atoms with E-state index in [1.54, 1.807) is 6.20 Å². The van der Waals surface area contributed by atoms with Crippen LogP contribution in [0, 0.1) is 0 Å². The van der Waals surface area contributed by atoms with E-state index < -0.39 is 11.9 Å². The van der Waals surface area contributed by atoms with Gasteiger partial charge >= 0.3 is 6.18 Å². The second-order valence-electron chi connectivity index (χ2n) is 5.81. The molecule has 0 saturated carbocycles. The van der Waals surface area contributed by atoms with Crippen LogP contribution in [0.4, 0.5) is 19.0 Å². The molecular weight excluding hydrogens is 359 g/mol. The van der Waals surface area contributed by atoms with E-state index in [0.717, 1.165) is 18.0 Å². The van der Waals surface area contributed by atoms with Crippen molar-refractivity contribution in [2.75, 3.05) is 5.32 Å². The molecule has 3 heterocycles. The molecule has 0 radical (unpaired) electrons. The minimum Gasteiger partial charge on any atom is -0.363 e. The van der Waals surface area contributed by atoms with Gasteiger partial charge in [0.1, 0.15) is 18.0 Å². The van der Waals surface area contributed by atoms with Crippen molar-refractivity contribution < 1.29 is 13.2 Å². The SMILES string of the molecule is FC(F)(F)c1cc(NCc2nccn2Cc2ccccc2)n2ncnc2n1. The van der Waals surface area contributed by atoms with Gasteiger partial charge in [-0.3, -0.25) is 0 Å². The highest BCUT2D eigenvalue weighted by Gasteiger charge is 2.34. The van der Waals surface area contributed by atoms with Crippen molar-refractivity contribution in [3.63, 3.8) is 0 Å². The Labute approximate surface area is 151 Å². The monoisotopic (exact) mass is 373 g/mol. The normalized spacial score (nSPS) is 11.8. The minimum absolute atomic E-state index is 0.125. The van der Waals surface area contributed by atoms with Crippen LogP contribution >= 0.6 is 0 Å². The number of hydrogen-bond donors (Lipinski definition) is 1. The van der Waals surface area contributed by atoms with Crippen LogP contribution in [-0.4, -0.2) is 29.1 Å². The zero-order chi connectivity index (χ0) is 18.9. The molecule has 1 N–H and O–H groups in total. The van der Waals surface area contributed by atoms with Gasteiger partial charge in [0.2, 0.25) is 0 Å². The van der Waals surface area contributed by atoms with Gasteiger partial charge in [-0.1, -0.05) is 30.3 Å². The van der Waals surface area contributed by atoms with E-state index in [2.05, 4.69) is 25.4 Å². The fraction of sp³-hybridized carbons (Fsp3) is 0.176. The van der Waals surface area contributed by atoms with E-state index in [9.17, 15) is 13.2 Å². The minimum atomic E-state index is -4.57. The third-order valence-corrected chi connectivity index (χ3v) is 3.97. The number of nitrogens with one attached hydrogen (secondary N) is 1. The predicted octanol–water partition coefficient (Wildman–Crippen LogP) is 3.00. The van der Waals surface area contributed by atoms with Crippen LogP contribution in [0.25, 0.3) is 5.78 Å². The molecule has 0 atom stereocenters. The summed E-state index contributed by atoms with van der Waals surface area (Å²) in [6.07, 6.45) is 0.0569. The van der Waals surface area contributed by atoms with E-state index >= 15 is 0 Å². The summed E-state index contributed by atoms with van der Waals surface area (Å²) in [7, 11) is 0. The van der Waals surface area contributed by atoms with Gasteiger partial charge in [0, 0.05) is 25.0 Å². The van der Waals surface area contributed by atoms with E-state index in [4.69, 9.17) is 0 Å². The lowest BCUT2D eigenvalue weighted by molar-refractivity contribution is -0.141. The molecule has 0 bridgehead atoms. The second-order valence-corrected chi connectivity index (χ2v) is 5.81. The van der Waals surface area contributed by atoms with Crippen LogP contribution in [0.15, 0.2) is 55.1 Å². The van der Waals surface area contributed by atoms with Crippen molar-refractivity contribution in [3.8, 4) is 0 Å². The summed E-state index contributed by atoms with van der Waals surface area (Å²) in [6, 6.07) is 10.7. The van der Waals surface area contributed by atoms with Gasteiger partial charge in [-0.15, -0.1) is 0 Å². The van der Waals surface area contributed by atoms with E-state index in [0.29, 0.717) is 12.4 Å². The van der Waals surface area contributed by atoms with Crippen molar-refractivity contribution in [2.45, 2.75) is 19.3 Å². The fourth-order valence-electron chi connectivity index (χ4n) is 2.68. The Balaban J connectivity index is 1.58. The first-order valence-electron chi connectivity index (χ1n) is 8.06. The number of rotatable bonds is 5. The number of nitrogens with zero attached hydrogens (tertiary/aromatic N) is 6. The molecule has 10 heteroatoms. The summed E-state index contributed by atoms with van der Waals surface area (Å²) in [5, 5.41) is 6.87. The first-order chi connectivity index (χ1) is 13.0. The Morgan fingerprint density at radius 2 is 1.89 bits per heavy atom. The summed E-state index contributed by atoms with van der Waals surface area (Å²) >= 11 is 0. The average Bonchev–Trinajstić information content (AvgIpc) is 3.29. The maximum absolute atomic E-state index is 13.1. The highest BCUT2D eigenvalue weighted by Crippen LogP contribution is 2.29. The Hall–Kier alpha value is -3.43. The fourth-order valence-corrected chi connectivity index (χ4v) is 2.68. The second kappa shape index (κ2) is 6.71. The van der Waals surface area contributed by atoms with Gasteiger partial charge in [-0.25, -0.2) is 9.97 Å². The van der Waals surface area contributed by atoms with Gasteiger partial charge in [0.25, 0.3) is 5.78 Å². The van der Waals surface area contributed by atoms with Crippen LogP contribution in [0.2, 0.25) is 0 Å².